The fourth-order valence-corrected chi connectivity index (χ4v) is 2.92. The molecule has 23 heavy (non-hydrogen) atoms. The number of carbonyl (C=O) groups excluding carboxylic acids is 1. The first-order valence-electron chi connectivity index (χ1n) is 7.73. The molecular formula is C15H17N5O3. The van der Waals surface area contributed by atoms with E-state index in [2.05, 4.69) is 15.3 Å². The molecule has 2 aliphatic rings. The van der Waals surface area contributed by atoms with Gasteiger partial charge in [0.15, 0.2) is 0 Å². The van der Waals surface area contributed by atoms with E-state index < -0.39 is 0 Å². The molecule has 0 N–H and O–H groups in total. The van der Waals surface area contributed by atoms with Crippen LogP contribution in [0.15, 0.2) is 24.5 Å². The van der Waals surface area contributed by atoms with Gasteiger partial charge in [-0.15, -0.1) is 5.10 Å². The molecule has 0 bridgehead atoms. The van der Waals surface area contributed by atoms with Gasteiger partial charge in [0.05, 0.1) is 19.3 Å². The van der Waals surface area contributed by atoms with Crippen LogP contribution in [0.2, 0.25) is 0 Å². The minimum Gasteiger partial charge on any atom is -0.477 e. The average Bonchev–Trinajstić information content (AvgIpc) is 3.22. The van der Waals surface area contributed by atoms with Crippen molar-refractivity contribution in [2.45, 2.75) is 25.5 Å². The van der Waals surface area contributed by atoms with Gasteiger partial charge < -0.3 is 14.4 Å². The molecule has 1 saturated heterocycles. The monoisotopic (exact) mass is 315 g/mol. The number of carbonyl (C=O) groups is 1. The number of nitrogens with zero attached hydrogens (tertiary/aromatic N) is 5. The zero-order valence-corrected chi connectivity index (χ0v) is 12.6. The number of likely N-dealkylation sites (tertiary alicyclic amines) is 1. The Kier molecular flexibility index (Phi) is 3.57. The number of rotatable bonds is 3. The van der Waals surface area contributed by atoms with Gasteiger partial charge in [-0.1, -0.05) is 0 Å². The fourth-order valence-electron chi connectivity index (χ4n) is 2.92. The smallest absolute Gasteiger partial charge is 0.261 e. The number of amides is 1. The zero-order chi connectivity index (χ0) is 15.6. The Morgan fingerprint density at radius 2 is 2.35 bits per heavy atom. The predicted octanol–water partition coefficient (Wildman–Crippen LogP) is 0.749. The molecule has 4 heterocycles. The molecular weight excluding hydrogens is 298 g/mol. The summed E-state index contributed by atoms with van der Waals surface area (Å²) < 4.78 is 13.1. The highest BCUT2D eigenvalue weighted by Gasteiger charge is 2.32. The molecule has 1 unspecified atom stereocenters. The van der Waals surface area contributed by atoms with Crippen molar-refractivity contribution in [1.82, 2.24) is 24.9 Å². The molecule has 0 aliphatic carbocycles. The van der Waals surface area contributed by atoms with E-state index in [0.29, 0.717) is 37.0 Å². The van der Waals surface area contributed by atoms with Crippen LogP contribution in [-0.2, 0) is 6.54 Å². The lowest BCUT2D eigenvalue weighted by atomic mass is 10.3. The van der Waals surface area contributed by atoms with Crippen LogP contribution >= 0.6 is 0 Å². The lowest BCUT2D eigenvalue weighted by molar-refractivity contribution is 0.0764. The summed E-state index contributed by atoms with van der Waals surface area (Å²) in [5.74, 6) is 1.01. The summed E-state index contributed by atoms with van der Waals surface area (Å²) in [5, 5.41) is 11.9. The summed E-state index contributed by atoms with van der Waals surface area (Å²) in [6.07, 6.45) is 4.82. The van der Waals surface area contributed by atoms with Crippen LogP contribution in [0.5, 0.6) is 11.8 Å². The normalized spacial score (nSPS) is 20.0. The van der Waals surface area contributed by atoms with Crippen LogP contribution in [-0.4, -0.2) is 56.6 Å². The van der Waals surface area contributed by atoms with Crippen molar-refractivity contribution in [2.24, 2.45) is 0 Å². The number of fused-ring (bicyclic) bond motifs is 1. The minimum atomic E-state index is -0.0667. The third kappa shape index (κ3) is 2.71. The molecule has 8 heteroatoms. The van der Waals surface area contributed by atoms with Gasteiger partial charge in [-0.3, -0.25) is 4.79 Å². The lowest BCUT2D eigenvalue weighted by Gasteiger charge is -2.19. The average molecular weight is 315 g/mol. The highest BCUT2D eigenvalue weighted by Crippen LogP contribution is 2.25. The molecule has 8 nitrogen and oxygen atoms in total. The van der Waals surface area contributed by atoms with Crippen molar-refractivity contribution in [2.75, 3.05) is 19.7 Å². The molecule has 4 rings (SSSR count). The van der Waals surface area contributed by atoms with E-state index in [1.807, 2.05) is 0 Å². The Morgan fingerprint density at radius 3 is 3.22 bits per heavy atom. The van der Waals surface area contributed by atoms with Crippen molar-refractivity contribution in [3.8, 4) is 11.8 Å². The van der Waals surface area contributed by atoms with Gasteiger partial charge >= 0.3 is 0 Å². The summed E-state index contributed by atoms with van der Waals surface area (Å²) in [7, 11) is 0. The van der Waals surface area contributed by atoms with E-state index in [4.69, 9.17) is 9.47 Å². The van der Waals surface area contributed by atoms with Crippen molar-refractivity contribution in [1.29, 1.82) is 0 Å². The van der Waals surface area contributed by atoms with Crippen LogP contribution in [0.25, 0.3) is 0 Å². The number of hydrogen-bond acceptors (Lipinski definition) is 6. The molecule has 0 saturated carbocycles. The first kappa shape index (κ1) is 14.0. The van der Waals surface area contributed by atoms with Crippen LogP contribution < -0.4 is 9.47 Å². The molecule has 0 aromatic carbocycles. The fraction of sp³-hybridized carbons (Fsp3) is 0.467. The van der Waals surface area contributed by atoms with Crippen molar-refractivity contribution < 1.29 is 14.3 Å². The predicted molar refractivity (Wildman–Crippen MR) is 79.3 cm³/mol. The van der Waals surface area contributed by atoms with E-state index in [1.165, 1.54) is 0 Å². The lowest BCUT2D eigenvalue weighted by Crippen LogP contribution is -2.31. The van der Waals surface area contributed by atoms with Gasteiger partial charge in [-0.25, -0.2) is 4.68 Å². The number of ether oxygens (including phenoxy) is 2. The third-order valence-corrected chi connectivity index (χ3v) is 4.04. The second-order valence-electron chi connectivity index (χ2n) is 5.63. The second-order valence-corrected chi connectivity index (χ2v) is 5.63. The van der Waals surface area contributed by atoms with Crippen molar-refractivity contribution >= 4 is 5.91 Å². The molecule has 2 aliphatic heterocycles. The standard InChI is InChI=1S/C15H17N5O3/c21-14(12-9-17-20-6-2-8-22-15(12)20)19-7-4-11(10-19)23-13-3-1-5-16-18-13/h1,3,5,9,11H,2,4,6-8,10H2. The Labute approximate surface area is 133 Å². The molecule has 0 radical (unpaired) electrons. The van der Waals surface area contributed by atoms with Crippen LogP contribution in [0.1, 0.15) is 23.2 Å². The Bertz CT molecular complexity index is 702. The maximum atomic E-state index is 12.7. The van der Waals surface area contributed by atoms with Gasteiger partial charge in [0.25, 0.3) is 5.91 Å². The molecule has 2 aromatic heterocycles. The quantitative estimate of drug-likeness (QED) is 0.831. The van der Waals surface area contributed by atoms with Crippen molar-refractivity contribution in [3.63, 3.8) is 0 Å². The third-order valence-electron chi connectivity index (χ3n) is 4.04. The highest BCUT2D eigenvalue weighted by molar-refractivity contribution is 5.96. The number of hydrogen-bond donors (Lipinski definition) is 0. The van der Waals surface area contributed by atoms with E-state index in [9.17, 15) is 4.79 Å². The van der Waals surface area contributed by atoms with Gasteiger partial charge in [-0.2, -0.15) is 10.2 Å². The zero-order valence-electron chi connectivity index (χ0n) is 12.6. The maximum Gasteiger partial charge on any atom is 0.261 e. The largest absolute Gasteiger partial charge is 0.477 e. The SMILES string of the molecule is O=C(c1cnn2c1OCCC2)N1CCC(Oc2cccnn2)C1. The van der Waals surface area contributed by atoms with Crippen LogP contribution in [0.3, 0.4) is 0 Å². The van der Waals surface area contributed by atoms with Gasteiger partial charge in [0.2, 0.25) is 11.8 Å². The molecule has 120 valence electrons. The van der Waals surface area contributed by atoms with E-state index in [1.54, 1.807) is 34.1 Å². The van der Waals surface area contributed by atoms with Gasteiger partial charge in [0.1, 0.15) is 11.7 Å². The molecule has 1 atom stereocenters. The highest BCUT2D eigenvalue weighted by atomic mass is 16.5. The van der Waals surface area contributed by atoms with E-state index in [0.717, 1.165) is 19.4 Å². The summed E-state index contributed by atoms with van der Waals surface area (Å²) in [6, 6.07) is 3.54. The summed E-state index contributed by atoms with van der Waals surface area (Å²) in [6.45, 7) is 2.60. The minimum absolute atomic E-state index is 0.0570. The Balaban J connectivity index is 1.43. The topological polar surface area (TPSA) is 82.4 Å². The molecule has 0 spiro atoms. The summed E-state index contributed by atoms with van der Waals surface area (Å²) in [5.41, 5.74) is 0.532. The number of aryl methyl sites for hydroxylation is 1. The first-order valence-corrected chi connectivity index (χ1v) is 7.73. The summed E-state index contributed by atoms with van der Waals surface area (Å²) in [4.78, 5) is 14.5. The Morgan fingerprint density at radius 1 is 1.39 bits per heavy atom. The van der Waals surface area contributed by atoms with Gasteiger partial charge in [-0.05, 0) is 6.07 Å². The number of aromatic nitrogens is 4. The maximum absolute atomic E-state index is 12.7. The van der Waals surface area contributed by atoms with E-state index >= 15 is 0 Å². The molecule has 1 amide bonds. The van der Waals surface area contributed by atoms with Crippen molar-refractivity contribution in [3.05, 3.63) is 30.1 Å². The summed E-state index contributed by atoms with van der Waals surface area (Å²) >= 11 is 0. The van der Waals surface area contributed by atoms with E-state index in [-0.39, 0.29) is 12.0 Å². The first-order chi connectivity index (χ1) is 11.3. The second kappa shape index (κ2) is 5.86. The van der Waals surface area contributed by atoms with Gasteiger partial charge in [0, 0.05) is 38.2 Å². The van der Waals surface area contributed by atoms with Crippen LogP contribution in [0, 0.1) is 0 Å². The molecule has 1 fully saturated rings. The molecule has 2 aromatic rings. The Hall–Kier alpha value is -2.64. The van der Waals surface area contributed by atoms with Crippen LogP contribution in [0.4, 0.5) is 0 Å².